The van der Waals surface area contributed by atoms with E-state index >= 15 is 0 Å². The Morgan fingerprint density at radius 2 is 1.87 bits per heavy atom. The summed E-state index contributed by atoms with van der Waals surface area (Å²) in [7, 11) is 1.68. The van der Waals surface area contributed by atoms with Crippen LogP contribution >= 0.6 is 11.8 Å². The van der Waals surface area contributed by atoms with Gasteiger partial charge < -0.3 is 10.5 Å². The maximum absolute atomic E-state index is 5.97. The minimum Gasteiger partial charge on any atom is -0.497 e. The first-order valence-corrected chi connectivity index (χ1v) is 6.14. The van der Waals surface area contributed by atoms with Crippen molar-refractivity contribution in [2.24, 2.45) is 11.7 Å². The Hall–Kier alpha value is -0.670. The molecule has 1 aromatic rings. The van der Waals surface area contributed by atoms with Crippen molar-refractivity contribution in [3.05, 3.63) is 24.3 Å². The molecule has 0 bridgehead atoms. The lowest BCUT2D eigenvalue weighted by atomic mass is 10.1. The average molecular weight is 225 g/mol. The van der Waals surface area contributed by atoms with Gasteiger partial charge in [-0.25, -0.2) is 0 Å². The molecule has 1 aromatic carbocycles. The molecule has 0 aromatic heterocycles. The fourth-order valence-corrected chi connectivity index (χ4v) is 2.16. The van der Waals surface area contributed by atoms with E-state index in [0.717, 1.165) is 11.5 Å². The number of methoxy groups -OCH3 is 1. The second kappa shape index (κ2) is 6.03. The monoisotopic (exact) mass is 225 g/mol. The fourth-order valence-electron chi connectivity index (χ4n) is 1.06. The van der Waals surface area contributed by atoms with E-state index in [0.29, 0.717) is 5.92 Å². The zero-order valence-electron chi connectivity index (χ0n) is 9.57. The molecular weight excluding hydrogens is 206 g/mol. The van der Waals surface area contributed by atoms with Gasteiger partial charge in [-0.2, -0.15) is 0 Å². The molecule has 0 aliphatic rings. The summed E-state index contributed by atoms with van der Waals surface area (Å²) < 4.78 is 5.10. The molecule has 0 amide bonds. The highest BCUT2D eigenvalue weighted by atomic mass is 32.2. The van der Waals surface area contributed by atoms with Crippen molar-refractivity contribution >= 4 is 11.8 Å². The molecule has 1 atom stereocenters. The van der Waals surface area contributed by atoms with Crippen molar-refractivity contribution in [1.82, 2.24) is 0 Å². The van der Waals surface area contributed by atoms with Gasteiger partial charge in [-0.1, -0.05) is 13.8 Å². The van der Waals surface area contributed by atoms with Crippen LogP contribution in [0.1, 0.15) is 13.8 Å². The Balaban J connectivity index is 2.44. The first-order chi connectivity index (χ1) is 7.13. The van der Waals surface area contributed by atoms with Crippen LogP contribution in [0.4, 0.5) is 0 Å². The molecule has 0 radical (unpaired) electrons. The first kappa shape index (κ1) is 12.4. The Morgan fingerprint density at radius 3 is 2.33 bits per heavy atom. The van der Waals surface area contributed by atoms with Gasteiger partial charge in [0.15, 0.2) is 0 Å². The van der Waals surface area contributed by atoms with Gasteiger partial charge >= 0.3 is 0 Å². The number of nitrogens with two attached hydrogens (primary N) is 1. The molecule has 1 rings (SSSR count). The van der Waals surface area contributed by atoms with Gasteiger partial charge in [-0.3, -0.25) is 0 Å². The minimum atomic E-state index is 0.261. The third kappa shape index (κ3) is 4.14. The minimum absolute atomic E-state index is 0.261. The van der Waals surface area contributed by atoms with Gasteiger partial charge in [0, 0.05) is 16.7 Å². The van der Waals surface area contributed by atoms with Crippen LogP contribution in [0.3, 0.4) is 0 Å². The molecule has 0 fully saturated rings. The summed E-state index contributed by atoms with van der Waals surface area (Å²) in [6, 6.07) is 8.34. The van der Waals surface area contributed by atoms with Crippen molar-refractivity contribution in [1.29, 1.82) is 0 Å². The Labute approximate surface area is 96.2 Å². The van der Waals surface area contributed by atoms with E-state index < -0.39 is 0 Å². The van der Waals surface area contributed by atoms with Crippen molar-refractivity contribution in [2.45, 2.75) is 24.8 Å². The van der Waals surface area contributed by atoms with Crippen LogP contribution in [-0.4, -0.2) is 18.9 Å². The highest BCUT2D eigenvalue weighted by molar-refractivity contribution is 7.99. The van der Waals surface area contributed by atoms with E-state index in [-0.39, 0.29) is 6.04 Å². The second-order valence-corrected chi connectivity index (χ2v) is 4.99. The highest BCUT2D eigenvalue weighted by Gasteiger charge is 2.07. The topological polar surface area (TPSA) is 35.2 Å². The molecule has 84 valence electrons. The van der Waals surface area contributed by atoms with Gasteiger partial charge in [0.1, 0.15) is 5.75 Å². The Bertz CT molecular complexity index is 284. The summed E-state index contributed by atoms with van der Waals surface area (Å²) in [5.74, 6) is 2.40. The summed E-state index contributed by atoms with van der Waals surface area (Å²) in [6.45, 7) is 4.30. The summed E-state index contributed by atoms with van der Waals surface area (Å²) >= 11 is 1.80. The highest BCUT2D eigenvalue weighted by Crippen LogP contribution is 2.22. The van der Waals surface area contributed by atoms with E-state index in [9.17, 15) is 0 Å². The maximum atomic E-state index is 5.97. The fraction of sp³-hybridized carbons (Fsp3) is 0.500. The smallest absolute Gasteiger partial charge is 0.118 e. The Kier molecular flexibility index (Phi) is 4.99. The number of rotatable bonds is 5. The van der Waals surface area contributed by atoms with Gasteiger partial charge in [-0.15, -0.1) is 11.8 Å². The molecule has 0 heterocycles. The lowest BCUT2D eigenvalue weighted by Gasteiger charge is -2.14. The molecule has 2 nitrogen and oxygen atoms in total. The van der Waals surface area contributed by atoms with Crippen molar-refractivity contribution in [3.8, 4) is 5.75 Å². The number of thioether (sulfide) groups is 1. The Morgan fingerprint density at radius 1 is 1.27 bits per heavy atom. The van der Waals surface area contributed by atoms with Gasteiger partial charge in [-0.05, 0) is 30.2 Å². The quantitative estimate of drug-likeness (QED) is 0.783. The average Bonchev–Trinajstić information content (AvgIpc) is 2.26. The number of hydrogen-bond donors (Lipinski definition) is 1. The molecule has 0 unspecified atom stereocenters. The molecular formula is C12H19NOS. The molecule has 0 spiro atoms. The normalized spacial score (nSPS) is 12.9. The van der Waals surface area contributed by atoms with E-state index in [2.05, 4.69) is 26.0 Å². The molecule has 0 aliphatic carbocycles. The molecule has 2 N–H and O–H groups in total. The van der Waals surface area contributed by atoms with Crippen LogP contribution in [0.15, 0.2) is 29.2 Å². The molecule has 3 heteroatoms. The van der Waals surface area contributed by atoms with E-state index in [1.165, 1.54) is 4.90 Å². The van der Waals surface area contributed by atoms with Crippen LogP contribution in [0.25, 0.3) is 0 Å². The summed E-state index contributed by atoms with van der Waals surface area (Å²) in [5.41, 5.74) is 5.97. The van der Waals surface area contributed by atoms with Crippen LogP contribution in [-0.2, 0) is 0 Å². The number of benzene rings is 1. The number of ether oxygens (including phenoxy) is 1. The number of hydrogen-bond acceptors (Lipinski definition) is 3. The van der Waals surface area contributed by atoms with Crippen molar-refractivity contribution in [2.75, 3.05) is 12.9 Å². The summed E-state index contributed by atoms with van der Waals surface area (Å²) in [5, 5.41) is 0. The second-order valence-electron chi connectivity index (χ2n) is 3.89. The van der Waals surface area contributed by atoms with Crippen LogP contribution in [0.2, 0.25) is 0 Å². The van der Waals surface area contributed by atoms with Crippen LogP contribution < -0.4 is 10.5 Å². The third-order valence-electron chi connectivity index (χ3n) is 2.36. The summed E-state index contributed by atoms with van der Waals surface area (Å²) in [6.07, 6.45) is 0. The van der Waals surface area contributed by atoms with Gasteiger partial charge in [0.2, 0.25) is 0 Å². The van der Waals surface area contributed by atoms with Gasteiger partial charge in [0.25, 0.3) is 0 Å². The molecule has 0 saturated carbocycles. The molecule has 15 heavy (non-hydrogen) atoms. The largest absolute Gasteiger partial charge is 0.497 e. The van der Waals surface area contributed by atoms with Crippen LogP contribution in [0, 0.1) is 5.92 Å². The lowest BCUT2D eigenvalue weighted by Crippen LogP contribution is -2.28. The van der Waals surface area contributed by atoms with E-state index in [4.69, 9.17) is 10.5 Å². The third-order valence-corrected chi connectivity index (χ3v) is 3.52. The maximum Gasteiger partial charge on any atom is 0.118 e. The lowest BCUT2D eigenvalue weighted by molar-refractivity contribution is 0.414. The zero-order chi connectivity index (χ0) is 11.3. The SMILES string of the molecule is COc1ccc(SC[C@@H](N)C(C)C)cc1. The van der Waals surface area contributed by atoms with Crippen molar-refractivity contribution < 1.29 is 4.74 Å². The first-order valence-electron chi connectivity index (χ1n) is 5.16. The van der Waals surface area contributed by atoms with E-state index in [1.54, 1.807) is 18.9 Å². The van der Waals surface area contributed by atoms with Crippen molar-refractivity contribution in [3.63, 3.8) is 0 Å². The predicted octanol–water partition coefficient (Wildman–Crippen LogP) is 2.77. The standard InChI is InChI=1S/C12H19NOS/c1-9(2)12(13)8-15-11-6-4-10(14-3)5-7-11/h4-7,9,12H,8,13H2,1-3H3/t12-/m1/s1. The molecule has 0 aliphatic heterocycles. The van der Waals surface area contributed by atoms with E-state index in [1.807, 2.05) is 12.1 Å². The van der Waals surface area contributed by atoms with Gasteiger partial charge in [0.05, 0.1) is 7.11 Å². The zero-order valence-corrected chi connectivity index (χ0v) is 10.4. The predicted molar refractivity (Wildman–Crippen MR) is 66.5 cm³/mol. The summed E-state index contributed by atoms with van der Waals surface area (Å²) in [4.78, 5) is 1.24. The van der Waals surface area contributed by atoms with Crippen LogP contribution in [0.5, 0.6) is 5.75 Å². The molecule has 0 saturated heterocycles.